The van der Waals surface area contributed by atoms with Gasteiger partial charge in [-0.25, -0.2) is 0 Å². The highest BCUT2D eigenvalue weighted by molar-refractivity contribution is 6.44. The minimum absolute atomic E-state index is 0.189. The van der Waals surface area contributed by atoms with Crippen LogP contribution >= 0.6 is 23.2 Å². The number of hydrogen-bond acceptors (Lipinski definition) is 2. The molecule has 3 nitrogen and oxygen atoms in total. The third kappa shape index (κ3) is 2.28. The Morgan fingerprint density at radius 2 is 1.86 bits per heavy atom. The molecule has 0 bridgehead atoms. The normalized spacial score (nSPS) is 11.0. The zero-order valence-electron chi connectivity index (χ0n) is 11.2. The molecule has 0 saturated carbocycles. The van der Waals surface area contributed by atoms with Crippen molar-refractivity contribution in [3.05, 3.63) is 63.8 Å². The highest BCUT2D eigenvalue weighted by Gasteiger charge is 2.19. The predicted molar refractivity (Wildman–Crippen MR) is 87.2 cm³/mol. The van der Waals surface area contributed by atoms with Crippen LogP contribution in [-0.2, 0) is 7.05 Å². The third-order valence-corrected chi connectivity index (χ3v) is 4.24. The number of anilines is 1. The molecule has 2 N–H and O–H groups in total. The summed E-state index contributed by atoms with van der Waals surface area (Å²) in [6.45, 7) is 0. The summed E-state index contributed by atoms with van der Waals surface area (Å²) in [5.74, 6) is -0.189. The number of benzene rings is 2. The highest BCUT2D eigenvalue weighted by atomic mass is 35.5. The molecule has 1 heterocycles. The Balaban J connectivity index is 2.22. The lowest BCUT2D eigenvalue weighted by atomic mass is 10.0. The fourth-order valence-corrected chi connectivity index (χ4v) is 2.87. The van der Waals surface area contributed by atoms with Gasteiger partial charge in [0.15, 0.2) is 5.78 Å². The standard InChI is InChI=1S/C16H12Cl2N2O/c1-20-8-12(10-4-2-3-5-14(10)20)16(21)11-6-9(19)7-13(17)15(11)18/h2-8H,19H2,1H3. The predicted octanol–water partition coefficient (Wildman–Crippen LogP) is 4.30. The number of aryl methyl sites for hydroxylation is 1. The summed E-state index contributed by atoms with van der Waals surface area (Å²) >= 11 is 12.2. The van der Waals surface area contributed by atoms with E-state index in [1.807, 2.05) is 35.9 Å². The van der Waals surface area contributed by atoms with Crippen LogP contribution < -0.4 is 5.73 Å². The molecule has 1 aromatic heterocycles. The molecule has 106 valence electrons. The topological polar surface area (TPSA) is 48.0 Å². The van der Waals surface area contributed by atoms with Gasteiger partial charge >= 0.3 is 0 Å². The molecule has 0 aliphatic rings. The second-order valence-electron chi connectivity index (χ2n) is 4.86. The lowest BCUT2D eigenvalue weighted by molar-refractivity contribution is 0.104. The molecule has 3 aromatic rings. The minimum atomic E-state index is -0.189. The number of halogens is 2. The summed E-state index contributed by atoms with van der Waals surface area (Å²) in [5, 5.41) is 1.38. The van der Waals surface area contributed by atoms with Gasteiger partial charge in [0.2, 0.25) is 0 Å². The van der Waals surface area contributed by atoms with Crippen LogP contribution in [0.1, 0.15) is 15.9 Å². The van der Waals surface area contributed by atoms with Gasteiger partial charge in [-0.3, -0.25) is 4.79 Å². The van der Waals surface area contributed by atoms with Crippen molar-refractivity contribution in [3.8, 4) is 0 Å². The zero-order chi connectivity index (χ0) is 15.1. The molecule has 21 heavy (non-hydrogen) atoms. The molecule has 0 saturated heterocycles. The number of ketones is 1. The van der Waals surface area contributed by atoms with Crippen molar-refractivity contribution >= 4 is 45.6 Å². The number of para-hydroxylation sites is 1. The summed E-state index contributed by atoms with van der Waals surface area (Å²) in [6, 6.07) is 10.8. The molecule has 0 spiro atoms. The fourth-order valence-electron chi connectivity index (χ4n) is 2.44. The van der Waals surface area contributed by atoms with Crippen LogP contribution in [0.5, 0.6) is 0 Å². The molecule has 3 rings (SSSR count). The van der Waals surface area contributed by atoms with E-state index in [9.17, 15) is 4.79 Å². The van der Waals surface area contributed by atoms with Crippen molar-refractivity contribution in [1.82, 2.24) is 4.57 Å². The summed E-state index contributed by atoms with van der Waals surface area (Å²) in [4.78, 5) is 12.8. The van der Waals surface area contributed by atoms with Crippen LogP contribution in [-0.4, -0.2) is 10.4 Å². The van der Waals surface area contributed by atoms with Crippen molar-refractivity contribution < 1.29 is 4.79 Å². The van der Waals surface area contributed by atoms with E-state index in [4.69, 9.17) is 28.9 Å². The molecule has 0 atom stereocenters. The summed E-state index contributed by atoms with van der Waals surface area (Å²) < 4.78 is 1.91. The van der Waals surface area contributed by atoms with Gasteiger partial charge in [-0.05, 0) is 18.2 Å². The first-order valence-electron chi connectivity index (χ1n) is 6.32. The van der Waals surface area contributed by atoms with E-state index in [-0.39, 0.29) is 15.8 Å². The molecular formula is C16H12Cl2N2O. The van der Waals surface area contributed by atoms with E-state index >= 15 is 0 Å². The maximum atomic E-state index is 12.8. The number of nitrogen functional groups attached to an aromatic ring is 1. The number of fused-ring (bicyclic) bond motifs is 1. The van der Waals surface area contributed by atoms with Crippen LogP contribution in [0.2, 0.25) is 10.0 Å². The fraction of sp³-hybridized carbons (Fsp3) is 0.0625. The summed E-state index contributed by atoms with van der Waals surface area (Å²) in [6.07, 6.45) is 1.79. The number of aromatic nitrogens is 1. The van der Waals surface area contributed by atoms with Gasteiger partial charge in [0.1, 0.15) is 0 Å². The van der Waals surface area contributed by atoms with Crippen molar-refractivity contribution in [2.45, 2.75) is 0 Å². The smallest absolute Gasteiger partial charge is 0.196 e. The Hall–Kier alpha value is -1.97. The zero-order valence-corrected chi connectivity index (χ0v) is 12.7. The average molecular weight is 319 g/mol. The molecule has 0 aliphatic heterocycles. The first-order chi connectivity index (χ1) is 9.99. The maximum Gasteiger partial charge on any atom is 0.196 e. The number of nitrogens with zero attached hydrogens (tertiary/aromatic N) is 1. The van der Waals surface area contributed by atoms with E-state index in [1.165, 1.54) is 6.07 Å². The van der Waals surface area contributed by atoms with Gasteiger partial charge < -0.3 is 10.3 Å². The van der Waals surface area contributed by atoms with Crippen LogP contribution in [0.4, 0.5) is 5.69 Å². The monoisotopic (exact) mass is 318 g/mol. The Morgan fingerprint density at radius 1 is 1.14 bits per heavy atom. The number of rotatable bonds is 2. The Kier molecular flexibility index (Phi) is 3.40. The quantitative estimate of drug-likeness (QED) is 0.565. The van der Waals surface area contributed by atoms with Gasteiger partial charge in [-0.1, -0.05) is 41.4 Å². The van der Waals surface area contributed by atoms with Gasteiger partial charge in [-0.2, -0.15) is 0 Å². The number of nitrogens with two attached hydrogens (primary N) is 1. The number of carbonyl (C=O) groups is 1. The molecule has 5 heteroatoms. The van der Waals surface area contributed by atoms with Crippen LogP contribution in [0.25, 0.3) is 10.9 Å². The number of hydrogen-bond donors (Lipinski definition) is 1. The molecule has 0 radical (unpaired) electrons. The Bertz CT molecular complexity index is 868. The molecule has 0 unspecified atom stereocenters. The van der Waals surface area contributed by atoms with Crippen molar-refractivity contribution in [2.75, 3.05) is 5.73 Å². The Labute approximate surface area is 131 Å². The van der Waals surface area contributed by atoms with Crippen LogP contribution in [0.15, 0.2) is 42.6 Å². The highest BCUT2D eigenvalue weighted by Crippen LogP contribution is 2.32. The van der Waals surface area contributed by atoms with E-state index in [0.29, 0.717) is 16.8 Å². The van der Waals surface area contributed by atoms with E-state index < -0.39 is 0 Å². The first-order valence-corrected chi connectivity index (χ1v) is 7.08. The van der Waals surface area contributed by atoms with Gasteiger partial charge in [0, 0.05) is 41.0 Å². The van der Waals surface area contributed by atoms with Crippen molar-refractivity contribution in [2.24, 2.45) is 7.05 Å². The molecule has 0 fully saturated rings. The number of carbonyl (C=O) groups excluding carboxylic acids is 1. The van der Waals surface area contributed by atoms with Gasteiger partial charge in [0.25, 0.3) is 0 Å². The average Bonchev–Trinajstić information content (AvgIpc) is 2.80. The van der Waals surface area contributed by atoms with Gasteiger partial charge in [-0.15, -0.1) is 0 Å². The Morgan fingerprint density at radius 3 is 2.62 bits per heavy atom. The lowest BCUT2D eigenvalue weighted by Gasteiger charge is -2.06. The molecule has 0 amide bonds. The largest absolute Gasteiger partial charge is 0.399 e. The summed E-state index contributed by atoms with van der Waals surface area (Å²) in [5.41, 5.74) is 8.05. The first kappa shape index (κ1) is 14.0. The van der Waals surface area contributed by atoms with E-state index in [1.54, 1.807) is 12.3 Å². The minimum Gasteiger partial charge on any atom is -0.399 e. The second kappa shape index (κ2) is 5.10. The molecule has 2 aromatic carbocycles. The van der Waals surface area contributed by atoms with Crippen LogP contribution in [0.3, 0.4) is 0 Å². The van der Waals surface area contributed by atoms with E-state index in [2.05, 4.69) is 0 Å². The SMILES string of the molecule is Cn1cc(C(=O)c2cc(N)cc(Cl)c2Cl)c2ccccc21. The molecule has 0 aliphatic carbocycles. The van der Waals surface area contributed by atoms with Crippen molar-refractivity contribution in [3.63, 3.8) is 0 Å². The molecular weight excluding hydrogens is 307 g/mol. The second-order valence-corrected chi connectivity index (χ2v) is 5.65. The lowest BCUT2D eigenvalue weighted by Crippen LogP contribution is -2.03. The van der Waals surface area contributed by atoms with Gasteiger partial charge in [0.05, 0.1) is 10.0 Å². The maximum absolute atomic E-state index is 12.8. The van der Waals surface area contributed by atoms with Crippen molar-refractivity contribution in [1.29, 1.82) is 0 Å². The summed E-state index contributed by atoms with van der Waals surface area (Å²) in [7, 11) is 1.90. The van der Waals surface area contributed by atoms with E-state index in [0.717, 1.165) is 10.9 Å². The van der Waals surface area contributed by atoms with Crippen LogP contribution in [0, 0.1) is 0 Å². The third-order valence-electron chi connectivity index (χ3n) is 3.44.